The Morgan fingerprint density at radius 1 is 0.971 bits per heavy atom. The molecule has 0 radical (unpaired) electrons. The van der Waals surface area contributed by atoms with Crippen molar-refractivity contribution < 1.29 is 26.7 Å². The van der Waals surface area contributed by atoms with Gasteiger partial charge in [-0.3, -0.25) is 4.79 Å². The first-order valence-electron chi connectivity index (χ1n) is 11.4. The Morgan fingerprint density at radius 2 is 1.46 bits per heavy atom. The van der Waals surface area contributed by atoms with Crippen molar-refractivity contribution >= 4 is 33.0 Å². The van der Waals surface area contributed by atoms with E-state index in [0.29, 0.717) is 5.02 Å². The number of carbonyl (C=O) groups excluding carboxylic acids is 1. The molecule has 0 unspecified atom stereocenters. The second kappa shape index (κ2) is 9.45. The van der Waals surface area contributed by atoms with Gasteiger partial charge in [0.15, 0.2) is 9.84 Å². The molecule has 0 aliphatic carbocycles. The minimum atomic E-state index is -4.08. The summed E-state index contributed by atoms with van der Waals surface area (Å²) >= 11 is 5.94. The number of rotatable bonds is 4. The van der Waals surface area contributed by atoms with Crippen LogP contribution in [0.1, 0.15) is 59.9 Å². The monoisotopic (exact) mass is 527 g/mol. The molecule has 2 aromatic rings. The van der Waals surface area contributed by atoms with E-state index in [9.17, 15) is 13.2 Å². The SMILES string of the molecule is CC(C)(C)C(=O)N(c1c(F)cc(C2(S(=O)(=O)c3ccc(Cl)cc3)CCOCC2)cc1F)C(C)(C)C. The van der Waals surface area contributed by atoms with Gasteiger partial charge in [0.05, 0.1) is 4.90 Å². The molecule has 1 amide bonds. The number of carbonyl (C=O) groups is 1. The third-order valence-corrected chi connectivity index (χ3v) is 9.04. The highest BCUT2D eigenvalue weighted by Crippen LogP contribution is 2.46. The van der Waals surface area contributed by atoms with Gasteiger partial charge in [-0.15, -0.1) is 0 Å². The Kier molecular flexibility index (Phi) is 7.44. The summed E-state index contributed by atoms with van der Waals surface area (Å²) in [7, 11) is -4.08. The van der Waals surface area contributed by atoms with Crippen molar-refractivity contribution in [2.24, 2.45) is 5.41 Å². The number of nitrogens with zero attached hydrogens (tertiary/aromatic N) is 1. The molecular weight excluding hydrogens is 496 g/mol. The van der Waals surface area contributed by atoms with Crippen LogP contribution in [0.5, 0.6) is 0 Å². The number of hydrogen-bond acceptors (Lipinski definition) is 4. The topological polar surface area (TPSA) is 63.7 Å². The summed E-state index contributed by atoms with van der Waals surface area (Å²) in [6.07, 6.45) is 0.0557. The predicted molar refractivity (Wildman–Crippen MR) is 133 cm³/mol. The molecule has 0 N–H and O–H groups in total. The van der Waals surface area contributed by atoms with Gasteiger partial charge in [0.1, 0.15) is 22.1 Å². The summed E-state index contributed by atoms with van der Waals surface area (Å²) in [6, 6.07) is 7.80. The van der Waals surface area contributed by atoms with Gasteiger partial charge < -0.3 is 9.64 Å². The predicted octanol–water partition coefficient (Wildman–Crippen LogP) is 6.28. The van der Waals surface area contributed by atoms with Gasteiger partial charge in [0.2, 0.25) is 5.91 Å². The van der Waals surface area contributed by atoms with Crippen LogP contribution in [0.2, 0.25) is 5.02 Å². The fourth-order valence-electron chi connectivity index (χ4n) is 4.37. The third kappa shape index (κ3) is 5.11. The van der Waals surface area contributed by atoms with Crippen LogP contribution < -0.4 is 4.90 Å². The molecule has 9 heteroatoms. The van der Waals surface area contributed by atoms with Crippen LogP contribution in [0.25, 0.3) is 0 Å². The van der Waals surface area contributed by atoms with Crippen molar-refractivity contribution in [2.75, 3.05) is 18.1 Å². The first kappa shape index (κ1) is 27.6. The molecule has 0 aromatic heterocycles. The molecular formula is C26H32ClF2NO4S. The van der Waals surface area contributed by atoms with Gasteiger partial charge in [0, 0.05) is 29.2 Å². The summed E-state index contributed by atoms with van der Waals surface area (Å²) in [5, 5.41) is 0.372. The van der Waals surface area contributed by atoms with Crippen molar-refractivity contribution in [1.29, 1.82) is 0 Å². The first-order chi connectivity index (χ1) is 16.0. The maximum Gasteiger partial charge on any atom is 0.233 e. The number of benzene rings is 2. The van der Waals surface area contributed by atoms with E-state index in [4.69, 9.17) is 16.3 Å². The Bertz CT molecular complexity index is 1190. The van der Waals surface area contributed by atoms with E-state index in [1.54, 1.807) is 41.5 Å². The molecule has 1 fully saturated rings. The van der Waals surface area contributed by atoms with Crippen molar-refractivity contribution in [2.45, 2.75) is 69.6 Å². The van der Waals surface area contributed by atoms with Crippen LogP contribution in [-0.2, 0) is 24.1 Å². The van der Waals surface area contributed by atoms with Crippen LogP contribution >= 0.6 is 11.6 Å². The zero-order valence-corrected chi connectivity index (χ0v) is 22.5. The molecule has 0 spiro atoms. The molecule has 0 bridgehead atoms. The number of sulfone groups is 1. The first-order valence-corrected chi connectivity index (χ1v) is 13.3. The molecule has 192 valence electrons. The molecule has 35 heavy (non-hydrogen) atoms. The van der Waals surface area contributed by atoms with E-state index >= 15 is 8.78 Å². The highest BCUT2D eigenvalue weighted by Gasteiger charge is 2.48. The molecule has 5 nitrogen and oxygen atoms in total. The second-order valence-electron chi connectivity index (χ2n) is 10.9. The highest BCUT2D eigenvalue weighted by molar-refractivity contribution is 7.92. The number of anilines is 1. The van der Waals surface area contributed by atoms with Gasteiger partial charge in [-0.1, -0.05) is 32.4 Å². The normalized spacial score (nSPS) is 16.7. The summed E-state index contributed by atoms with van der Waals surface area (Å²) in [6.45, 7) is 10.3. The van der Waals surface area contributed by atoms with E-state index in [1.807, 2.05) is 0 Å². The molecule has 2 aromatic carbocycles. The van der Waals surface area contributed by atoms with Gasteiger partial charge in [-0.2, -0.15) is 0 Å². The average molecular weight is 528 g/mol. The van der Waals surface area contributed by atoms with Crippen molar-refractivity contribution in [1.82, 2.24) is 0 Å². The summed E-state index contributed by atoms with van der Waals surface area (Å²) in [5.74, 6) is -2.44. The van der Waals surface area contributed by atoms with E-state index in [0.717, 1.165) is 17.0 Å². The van der Waals surface area contributed by atoms with Gasteiger partial charge in [-0.05, 0) is 75.6 Å². The summed E-state index contributed by atoms with van der Waals surface area (Å²) in [5.41, 5.74) is -2.33. The lowest BCUT2D eigenvalue weighted by molar-refractivity contribution is -0.126. The number of halogens is 3. The summed E-state index contributed by atoms with van der Waals surface area (Å²) in [4.78, 5) is 14.3. The molecule has 0 saturated carbocycles. The smallest absolute Gasteiger partial charge is 0.233 e. The highest BCUT2D eigenvalue weighted by atomic mass is 35.5. The maximum atomic E-state index is 15.7. The molecule has 0 atom stereocenters. The van der Waals surface area contributed by atoms with Crippen LogP contribution in [0.4, 0.5) is 14.5 Å². The summed E-state index contributed by atoms with van der Waals surface area (Å²) < 4.78 is 63.0. The Labute approximate surface area is 211 Å². The van der Waals surface area contributed by atoms with Crippen molar-refractivity contribution in [3.05, 3.63) is 58.6 Å². The molecule has 1 heterocycles. The standard InChI is InChI=1S/C26H32ClF2NO4S/c1-24(2,3)23(31)30(25(4,5)6)22-20(28)15-17(16-21(22)29)26(11-13-34-14-12-26)35(32,33)19-9-7-18(27)8-10-19/h7-10,15-16H,11-14H2,1-6H3. The largest absolute Gasteiger partial charge is 0.381 e. The van der Waals surface area contributed by atoms with Crippen LogP contribution in [-0.4, -0.2) is 33.1 Å². The third-order valence-electron chi connectivity index (χ3n) is 6.22. The zero-order valence-electron chi connectivity index (χ0n) is 20.9. The average Bonchev–Trinajstić information content (AvgIpc) is 2.74. The minimum Gasteiger partial charge on any atom is -0.381 e. The fraction of sp³-hybridized carbons (Fsp3) is 0.500. The van der Waals surface area contributed by atoms with Crippen molar-refractivity contribution in [3.8, 4) is 0 Å². The Balaban J connectivity index is 2.23. The molecule has 1 saturated heterocycles. The lowest BCUT2D eigenvalue weighted by Crippen LogP contribution is -2.51. The molecule has 3 rings (SSSR count). The van der Waals surface area contributed by atoms with Gasteiger partial charge in [-0.25, -0.2) is 17.2 Å². The molecule has 1 aliphatic heterocycles. The van der Waals surface area contributed by atoms with Crippen LogP contribution in [0, 0.1) is 17.0 Å². The zero-order chi connectivity index (χ0) is 26.4. The van der Waals surface area contributed by atoms with Crippen LogP contribution in [0.15, 0.2) is 41.3 Å². The molecule has 1 aliphatic rings. The number of ether oxygens (including phenoxy) is 1. The number of hydrogen-bond donors (Lipinski definition) is 0. The number of amides is 1. The van der Waals surface area contributed by atoms with E-state index in [-0.39, 0.29) is 36.5 Å². The quantitative estimate of drug-likeness (QED) is 0.469. The lowest BCUT2D eigenvalue weighted by Gasteiger charge is -2.41. The Morgan fingerprint density at radius 3 is 1.89 bits per heavy atom. The van der Waals surface area contributed by atoms with Crippen LogP contribution in [0.3, 0.4) is 0 Å². The second-order valence-corrected chi connectivity index (χ2v) is 13.6. The Hall–Kier alpha value is -2.03. The maximum absolute atomic E-state index is 15.7. The fourth-order valence-corrected chi connectivity index (χ4v) is 6.58. The van der Waals surface area contributed by atoms with Gasteiger partial charge in [0.25, 0.3) is 0 Å². The van der Waals surface area contributed by atoms with E-state index in [2.05, 4.69) is 0 Å². The van der Waals surface area contributed by atoms with E-state index in [1.165, 1.54) is 24.3 Å². The minimum absolute atomic E-state index is 0.00733. The van der Waals surface area contributed by atoms with E-state index < -0.39 is 48.8 Å². The van der Waals surface area contributed by atoms with Crippen molar-refractivity contribution in [3.63, 3.8) is 0 Å². The van der Waals surface area contributed by atoms with Gasteiger partial charge >= 0.3 is 0 Å². The lowest BCUT2D eigenvalue weighted by atomic mass is 9.88.